The van der Waals surface area contributed by atoms with Crippen molar-refractivity contribution in [3.05, 3.63) is 28.1 Å². The van der Waals surface area contributed by atoms with Crippen LogP contribution >= 0.6 is 11.3 Å². The first-order chi connectivity index (χ1) is 9.52. The molecule has 1 atom stereocenters. The van der Waals surface area contributed by atoms with Gasteiger partial charge in [-0.3, -0.25) is 14.2 Å². The van der Waals surface area contributed by atoms with Crippen molar-refractivity contribution in [3.8, 4) is 0 Å². The summed E-state index contributed by atoms with van der Waals surface area (Å²) in [6.45, 7) is 3.60. The third-order valence-electron chi connectivity index (χ3n) is 3.11. The van der Waals surface area contributed by atoms with Crippen LogP contribution in [0, 0.1) is 5.92 Å². The van der Waals surface area contributed by atoms with Crippen molar-refractivity contribution in [2.75, 3.05) is 6.61 Å². The number of fused-ring (bicyclic) bond motifs is 1. The molecule has 1 amide bonds. The molecule has 6 nitrogen and oxygen atoms in total. The van der Waals surface area contributed by atoms with Crippen LogP contribution in [0.15, 0.2) is 22.6 Å². The Morgan fingerprint density at radius 1 is 1.55 bits per heavy atom. The number of carbonyl (C=O) groups is 1. The molecule has 2 heterocycles. The lowest BCUT2D eigenvalue weighted by Crippen LogP contribution is -2.43. The smallest absolute Gasteiger partial charge is 0.262 e. The van der Waals surface area contributed by atoms with E-state index in [0.717, 1.165) is 0 Å². The maximum Gasteiger partial charge on any atom is 0.262 e. The summed E-state index contributed by atoms with van der Waals surface area (Å²) in [5.41, 5.74) is -0.225. The molecule has 108 valence electrons. The number of nitrogens with one attached hydrogen (secondary N) is 1. The van der Waals surface area contributed by atoms with Gasteiger partial charge in [-0.05, 0) is 17.4 Å². The molecule has 2 rings (SSSR count). The van der Waals surface area contributed by atoms with Gasteiger partial charge >= 0.3 is 0 Å². The normalized spacial score (nSPS) is 12.8. The first-order valence-corrected chi connectivity index (χ1v) is 7.23. The summed E-state index contributed by atoms with van der Waals surface area (Å²) in [6.07, 6.45) is 1.38. The minimum Gasteiger partial charge on any atom is -0.394 e. The van der Waals surface area contributed by atoms with Gasteiger partial charge in [-0.15, -0.1) is 11.3 Å². The van der Waals surface area contributed by atoms with Crippen LogP contribution in [0.3, 0.4) is 0 Å². The second-order valence-corrected chi connectivity index (χ2v) is 5.81. The molecule has 7 heteroatoms. The summed E-state index contributed by atoms with van der Waals surface area (Å²) >= 11 is 1.39. The van der Waals surface area contributed by atoms with Gasteiger partial charge in [-0.25, -0.2) is 4.98 Å². The van der Waals surface area contributed by atoms with Gasteiger partial charge in [0.25, 0.3) is 5.56 Å². The van der Waals surface area contributed by atoms with Gasteiger partial charge < -0.3 is 10.4 Å². The van der Waals surface area contributed by atoms with Crippen molar-refractivity contribution >= 4 is 27.5 Å². The Balaban J connectivity index is 2.13. The van der Waals surface area contributed by atoms with Crippen LogP contribution in [-0.4, -0.2) is 33.2 Å². The number of nitrogens with zero attached hydrogens (tertiary/aromatic N) is 2. The van der Waals surface area contributed by atoms with Crippen LogP contribution in [0.1, 0.15) is 13.8 Å². The quantitative estimate of drug-likeness (QED) is 0.845. The zero-order valence-electron chi connectivity index (χ0n) is 11.4. The van der Waals surface area contributed by atoms with Gasteiger partial charge in [-0.1, -0.05) is 13.8 Å². The van der Waals surface area contributed by atoms with Gasteiger partial charge in [0, 0.05) is 0 Å². The third-order valence-corrected chi connectivity index (χ3v) is 3.93. The number of carbonyl (C=O) groups excluding carboxylic acids is 1. The standard InChI is InChI=1S/C13H17N3O3S/c1-8(2)10(6-17)15-11(18)5-16-7-14-12-9(13(16)19)3-4-20-12/h3-4,7-8,10,17H,5-6H2,1-2H3,(H,15,18)/t10-/m1/s1. The fourth-order valence-electron chi connectivity index (χ4n) is 1.84. The SMILES string of the molecule is CC(C)[C@@H](CO)NC(=O)Cn1cnc2sccc2c1=O. The number of hydrogen-bond acceptors (Lipinski definition) is 5. The van der Waals surface area contributed by atoms with Crippen molar-refractivity contribution < 1.29 is 9.90 Å². The summed E-state index contributed by atoms with van der Waals surface area (Å²) in [6, 6.07) is 1.39. The zero-order valence-corrected chi connectivity index (χ0v) is 12.2. The molecule has 20 heavy (non-hydrogen) atoms. The van der Waals surface area contributed by atoms with Crippen LogP contribution in [0.25, 0.3) is 10.2 Å². The highest BCUT2D eigenvalue weighted by molar-refractivity contribution is 7.16. The third kappa shape index (κ3) is 3.05. The summed E-state index contributed by atoms with van der Waals surface area (Å²) < 4.78 is 1.28. The molecule has 2 aromatic rings. The molecule has 0 aliphatic carbocycles. The van der Waals surface area contributed by atoms with E-state index in [9.17, 15) is 14.7 Å². The first kappa shape index (κ1) is 14.7. The molecule has 0 aliphatic heterocycles. The van der Waals surface area contributed by atoms with Crippen LogP contribution in [0.4, 0.5) is 0 Å². The van der Waals surface area contributed by atoms with Crippen molar-refractivity contribution in [1.29, 1.82) is 0 Å². The molecule has 0 saturated carbocycles. The van der Waals surface area contributed by atoms with E-state index in [2.05, 4.69) is 10.3 Å². The molecule has 0 aliphatic rings. The number of aliphatic hydroxyl groups excluding tert-OH is 1. The number of rotatable bonds is 5. The average molecular weight is 295 g/mol. The molecule has 0 aromatic carbocycles. The van der Waals surface area contributed by atoms with Gasteiger partial charge in [0.1, 0.15) is 11.4 Å². The van der Waals surface area contributed by atoms with E-state index < -0.39 is 0 Å². The molecule has 0 unspecified atom stereocenters. The van der Waals surface area contributed by atoms with E-state index in [4.69, 9.17) is 0 Å². The number of aliphatic hydroxyl groups is 1. The number of aromatic nitrogens is 2. The van der Waals surface area contributed by atoms with Gasteiger partial charge in [-0.2, -0.15) is 0 Å². The topological polar surface area (TPSA) is 84.2 Å². The van der Waals surface area contributed by atoms with Gasteiger partial charge in [0.05, 0.1) is 24.4 Å². The maximum absolute atomic E-state index is 12.1. The summed E-state index contributed by atoms with van der Waals surface area (Å²) in [5, 5.41) is 14.2. The molecule has 2 N–H and O–H groups in total. The van der Waals surface area contributed by atoms with E-state index in [-0.39, 0.29) is 36.6 Å². The summed E-state index contributed by atoms with van der Waals surface area (Å²) in [7, 11) is 0. The lowest BCUT2D eigenvalue weighted by molar-refractivity contribution is -0.123. The van der Waals surface area contributed by atoms with Crippen molar-refractivity contribution in [2.24, 2.45) is 5.92 Å². The average Bonchev–Trinajstić information content (AvgIpc) is 2.88. The molecule has 0 fully saturated rings. The monoisotopic (exact) mass is 295 g/mol. The Morgan fingerprint density at radius 3 is 2.95 bits per heavy atom. The molecule has 2 aromatic heterocycles. The van der Waals surface area contributed by atoms with E-state index in [1.54, 1.807) is 11.4 Å². The highest BCUT2D eigenvalue weighted by atomic mass is 32.1. The first-order valence-electron chi connectivity index (χ1n) is 6.35. The number of thiophene rings is 1. The Hall–Kier alpha value is -1.73. The number of hydrogen-bond donors (Lipinski definition) is 2. The lowest BCUT2D eigenvalue weighted by atomic mass is 10.1. The summed E-state index contributed by atoms with van der Waals surface area (Å²) in [5.74, 6) is -0.186. The molecule has 0 bridgehead atoms. The predicted molar refractivity (Wildman–Crippen MR) is 77.7 cm³/mol. The Morgan fingerprint density at radius 2 is 2.30 bits per heavy atom. The summed E-state index contributed by atoms with van der Waals surface area (Å²) in [4.78, 5) is 28.8. The second-order valence-electron chi connectivity index (χ2n) is 4.92. The minimum absolute atomic E-state index is 0.0964. The van der Waals surface area contributed by atoms with Gasteiger partial charge in [0.15, 0.2) is 0 Å². The Labute approximate surface area is 120 Å². The molecule has 0 saturated heterocycles. The van der Waals surface area contributed by atoms with Crippen LogP contribution in [0.5, 0.6) is 0 Å². The van der Waals surface area contributed by atoms with Crippen molar-refractivity contribution in [3.63, 3.8) is 0 Å². The molecular weight excluding hydrogens is 278 g/mol. The molecular formula is C13H17N3O3S. The second kappa shape index (κ2) is 6.15. The van der Waals surface area contributed by atoms with Crippen LogP contribution in [-0.2, 0) is 11.3 Å². The fraction of sp³-hybridized carbons (Fsp3) is 0.462. The zero-order chi connectivity index (χ0) is 14.7. The lowest BCUT2D eigenvalue weighted by Gasteiger charge is -2.20. The van der Waals surface area contributed by atoms with Gasteiger partial charge in [0.2, 0.25) is 5.91 Å². The van der Waals surface area contributed by atoms with E-state index in [0.29, 0.717) is 10.2 Å². The van der Waals surface area contributed by atoms with Crippen LogP contribution in [0.2, 0.25) is 0 Å². The molecule has 0 spiro atoms. The van der Waals surface area contributed by atoms with Crippen molar-refractivity contribution in [1.82, 2.24) is 14.9 Å². The Kier molecular flexibility index (Phi) is 4.51. The molecule has 0 radical (unpaired) electrons. The van der Waals surface area contributed by atoms with E-state index in [1.807, 2.05) is 13.8 Å². The predicted octanol–water partition coefficient (Wildman–Crippen LogP) is 0.591. The number of amides is 1. The van der Waals surface area contributed by atoms with Crippen LogP contribution < -0.4 is 10.9 Å². The van der Waals surface area contributed by atoms with E-state index >= 15 is 0 Å². The fourth-order valence-corrected chi connectivity index (χ4v) is 2.56. The highest BCUT2D eigenvalue weighted by Gasteiger charge is 2.16. The van der Waals surface area contributed by atoms with E-state index in [1.165, 1.54) is 22.2 Å². The Bertz CT molecular complexity index is 662. The maximum atomic E-state index is 12.1. The highest BCUT2D eigenvalue weighted by Crippen LogP contribution is 2.13. The largest absolute Gasteiger partial charge is 0.394 e. The minimum atomic E-state index is -0.309. The van der Waals surface area contributed by atoms with Crippen molar-refractivity contribution in [2.45, 2.75) is 26.4 Å².